The number of hydrogen-bond donors (Lipinski definition) is 1. The Kier molecular flexibility index (Phi) is 3.35. The summed E-state index contributed by atoms with van der Waals surface area (Å²) in [5.74, 6) is -1.31. The fourth-order valence-electron chi connectivity index (χ4n) is 1.55. The molecular formula is C11H9F3N4O2. The first kappa shape index (κ1) is 13.8. The molecule has 0 bridgehead atoms. The molecule has 0 spiro atoms. The molecule has 2 heterocycles. The third kappa shape index (κ3) is 2.42. The molecular weight excluding hydrogens is 277 g/mol. The van der Waals surface area contributed by atoms with Crippen LogP contribution in [0.3, 0.4) is 0 Å². The number of rotatable bonds is 2. The highest BCUT2D eigenvalue weighted by molar-refractivity contribution is 5.92. The molecule has 0 radical (unpaired) electrons. The lowest BCUT2D eigenvalue weighted by molar-refractivity contribution is -0.137. The minimum atomic E-state index is -4.60. The van der Waals surface area contributed by atoms with Crippen molar-refractivity contribution >= 4 is 11.7 Å². The van der Waals surface area contributed by atoms with E-state index in [1.807, 2.05) is 0 Å². The number of carbonyl (C=O) groups is 1. The minimum Gasteiger partial charge on any atom is -0.464 e. The topological polar surface area (TPSA) is 83.0 Å². The number of alkyl halides is 3. The van der Waals surface area contributed by atoms with Crippen molar-refractivity contribution in [3.63, 3.8) is 0 Å². The number of hydrogen-bond acceptors (Lipinski definition) is 5. The molecule has 0 saturated heterocycles. The Morgan fingerprint density at radius 3 is 2.75 bits per heavy atom. The molecule has 0 aliphatic rings. The number of pyridine rings is 1. The zero-order valence-electron chi connectivity index (χ0n) is 10.2. The molecule has 0 aliphatic carbocycles. The highest BCUT2D eigenvalue weighted by Crippen LogP contribution is 2.32. The van der Waals surface area contributed by atoms with Crippen LogP contribution >= 0.6 is 0 Å². The number of halogens is 3. The van der Waals surface area contributed by atoms with Crippen LogP contribution in [-0.2, 0) is 10.9 Å². The van der Waals surface area contributed by atoms with Crippen LogP contribution in [0.15, 0.2) is 24.5 Å². The van der Waals surface area contributed by atoms with Crippen LogP contribution < -0.4 is 5.73 Å². The van der Waals surface area contributed by atoms with Crippen LogP contribution in [0.4, 0.5) is 18.9 Å². The van der Waals surface area contributed by atoms with Gasteiger partial charge in [-0.3, -0.25) is 0 Å². The third-order valence-electron chi connectivity index (χ3n) is 2.43. The number of methoxy groups -OCH3 is 1. The predicted octanol–water partition coefficient (Wildman–Crippen LogP) is 1.65. The van der Waals surface area contributed by atoms with Crippen LogP contribution in [0.1, 0.15) is 16.1 Å². The van der Waals surface area contributed by atoms with Gasteiger partial charge in [0.1, 0.15) is 5.56 Å². The summed E-state index contributed by atoms with van der Waals surface area (Å²) in [7, 11) is 1.11. The number of anilines is 1. The Morgan fingerprint density at radius 1 is 1.45 bits per heavy atom. The summed E-state index contributed by atoms with van der Waals surface area (Å²) >= 11 is 0. The third-order valence-corrected chi connectivity index (χ3v) is 2.43. The minimum absolute atomic E-state index is 0.101. The molecule has 0 atom stereocenters. The standard InChI is InChI=1S/C11H9F3N4O2/c1-20-10(19)8-7(15)5-18(17-8)9-6(11(12,13)14)3-2-4-16-9/h2-5H,15H2,1H3. The zero-order chi connectivity index (χ0) is 14.9. The molecule has 0 fully saturated rings. The molecule has 0 unspecified atom stereocenters. The van der Waals surface area contributed by atoms with Crippen molar-refractivity contribution in [2.24, 2.45) is 0 Å². The Labute approximate surface area is 111 Å². The van der Waals surface area contributed by atoms with Crippen molar-refractivity contribution < 1.29 is 22.7 Å². The Hall–Kier alpha value is -2.58. The first-order valence-corrected chi connectivity index (χ1v) is 5.30. The number of aromatic nitrogens is 3. The smallest absolute Gasteiger partial charge is 0.420 e. The van der Waals surface area contributed by atoms with Crippen molar-refractivity contribution in [2.45, 2.75) is 6.18 Å². The van der Waals surface area contributed by atoms with Crippen molar-refractivity contribution in [2.75, 3.05) is 12.8 Å². The molecule has 2 aromatic heterocycles. The SMILES string of the molecule is COC(=O)c1nn(-c2ncccc2C(F)(F)F)cc1N. The molecule has 6 nitrogen and oxygen atoms in total. The number of carbonyl (C=O) groups excluding carboxylic acids is 1. The van der Waals surface area contributed by atoms with Crippen LogP contribution in [-0.4, -0.2) is 27.8 Å². The first-order chi connectivity index (χ1) is 9.34. The Bertz CT molecular complexity index is 651. The average Bonchev–Trinajstić information content (AvgIpc) is 2.79. The molecule has 20 heavy (non-hydrogen) atoms. The number of nitrogen functional groups attached to an aromatic ring is 1. The van der Waals surface area contributed by atoms with Crippen molar-refractivity contribution in [1.82, 2.24) is 14.8 Å². The van der Waals surface area contributed by atoms with Gasteiger partial charge in [0.25, 0.3) is 0 Å². The maximum absolute atomic E-state index is 12.9. The monoisotopic (exact) mass is 286 g/mol. The van der Waals surface area contributed by atoms with Gasteiger partial charge in [0, 0.05) is 6.20 Å². The second-order valence-corrected chi connectivity index (χ2v) is 3.74. The van der Waals surface area contributed by atoms with Gasteiger partial charge in [-0.1, -0.05) is 0 Å². The molecule has 0 aromatic carbocycles. The van der Waals surface area contributed by atoms with Crippen molar-refractivity contribution in [3.05, 3.63) is 35.8 Å². The first-order valence-electron chi connectivity index (χ1n) is 5.30. The van der Waals surface area contributed by atoms with E-state index in [0.29, 0.717) is 0 Å². The lowest BCUT2D eigenvalue weighted by Gasteiger charge is -2.10. The molecule has 106 valence electrons. The van der Waals surface area contributed by atoms with Gasteiger partial charge in [-0.2, -0.15) is 18.3 Å². The maximum atomic E-state index is 12.9. The zero-order valence-corrected chi connectivity index (χ0v) is 10.2. The molecule has 0 aliphatic heterocycles. The van der Waals surface area contributed by atoms with Gasteiger partial charge in [-0.15, -0.1) is 0 Å². The Morgan fingerprint density at radius 2 is 2.15 bits per heavy atom. The van der Waals surface area contributed by atoms with E-state index < -0.39 is 23.5 Å². The van der Waals surface area contributed by atoms with Crippen LogP contribution in [0, 0.1) is 0 Å². The van der Waals surface area contributed by atoms with Gasteiger partial charge in [0.05, 0.1) is 19.0 Å². The highest BCUT2D eigenvalue weighted by atomic mass is 19.4. The summed E-state index contributed by atoms with van der Waals surface area (Å²) in [4.78, 5) is 15.0. The number of ether oxygens (including phenoxy) is 1. The van der Waals surface area contributed by atoms with E-state index in [-0.39, 0.29) is 11.4 Å². The summed E-state index contributed by atoms with van der Waals surface area (Å²) in [5.41, 5.74) is 4.16. The largest absolute Gasteiger partial charge is 0.464 e. The summed E-state index contributed by atoms with van der Waals surface area (Å²) < 4.78 is 43.8. The van der Waals surface area contributed by atoms with Gasteiger partial charge in [0.15, 0.2) is 11.5 Å². The number of nitrogens with zero attached hydrogens (tertiary/aromatic N) is 3. The summed E-state index contributed by atoms with van der Waals surface area (Å²) in [6.45, 7) is 0. The van der Waals surface area contributed by atoms with Gasteiger partial charge >= 0.3 is 12.1 Å². The predicted molar refractivity (Wildman–Crippen MR) is 62.1 cm³/mol. The normalized spacial score (nSPS) is 11.4. The second kappa shape index (κ2) is 4.83. The van der Waals surface area contributed by atoms with E-state index in [9.17, 15) is 18.0 Å². The lowest BCUT2D eigenvalue weighted by atomic mass is 10.2. The number of nitrogens with two attached hydrogens (primary N) is 1. The summed E-state index contributed by atoms with van der Waals surface area (Å²) in [5, 5.41) is 3.68. The average molecular weight is 286 g/mol. The maximum Gasteiger partial charge on any atom is 0.420 e. The molecule has 9 heteroatoms. The van der Waals surface area contributed by atoms with Crippen LogP contribution in [0.5, 0.6) is 0 Å². The molecule has 0 saturated carbocycles. The van der Waals surface area contributed by atoms with E-state index in [0.717, 1.165) is 30.1 Å². The van der Waals surface area contributed by atoms with Crippen LogP contribution in [0.2, 0.25) is 0 Å². The Balaban J connectivity index is 2.56. The van der Waals surface area contributed by atoms with E-state index in [1.54, 1.807) is 0 Å². The fourth-order valence-corrected chi connectivity index (χ4v) is 1.55. The van der Waals surface area contributed by atoms with E-state index in [2.05, 4.69) is 14.8 Å². The van der Waals surface area contributed by atoms with E-state index in [4.69, 9.17) is 5.73 Å². The highest BCUT2D eigenvalue weighted by Gasteiger charge is 2.35. The molecule has 0 amide bonds. The van der Waals surface area contributed by atoms with E-state index >= 15 is 0 Å². The second-order valence-electron chi connectivity index (χ2n) is 3.74. The van der Waals surface area contributed by atoms with Gasteiger partial charge < -0.3 is 10.5 Å². The van der Waals surface area contributed by atoms with Crippen molar-refractivity contribution in [3.8, 4) is 5.82 Å². The molecule has 2 rings (SSSR count). The quantitative estimate of drug-likeness (QED) is 0.849. The molecule has 2 N–H and O–H groups in total. The summed E-state index contributed by atoms with van der Waals surface area (Å²) in [6.07, 6.45) is -2.35. The van der Waals surface area contributed by atoms with Crippen LogP contribution in [0.25, 0.3) is 5.82 Å². The summed E-state index contributed by atoms with van der Waals surface area (Å²) in [6, 6.07) is 2.01. The fraction of sp³-hybridized carbons (Fsp3) is 0.182. The van der Waals surface area contributed by atoms with Gasteiger partial charge in [-0.05, 0) is 12.1 Å². The van der Waals surface area contributed by atoms with Crippen molar-refractivity contribution in [1.29, 1.82) is 0 Å². The van der Waals surface area contributed by atoms with Gasteiger partial charge in [-0.25, -0.2) is 14.5 Å². The van der Waals surface area contributed by atoms with E-state index in [1.165, 1.54) is 6.20 Å². The molecule has 2 aromatic rings. The van der Waals surface area contributed by atoms with Gasteiger partial charge in [0.2, 0.25) is 0 Å². The lowest BCUT2D eigenvalue weighted by Crippen LogP contribution is -2.13. The number of esters is 1.